The minimum absolute atomic E-state index is 0.311. The van der Waals surface area contributed by atoms with Crippen LogP contribution in [0.25, 0.3) is 22.3 Å². The number of hydrogen-bond acceptors (Lipinski definition) is 7. The summed E-state index contributed by atoms with van der Waals surface area (Å²) < 4.78 is 2.23. The lowest BCUT2D eigenvalue weighted by Crippen LogP contribution is -2.21. The number of nitrogens with zero attached hydrogens (tertiary/aromatic N) is 3. The summed E-state index contributed by atoms with van der Waals surface area (Å²) >= 11 is 0. The van der Waals surface area contributed by atoms with Crippen LogP contribution in [0.15, 0.2) is 67.0 Å². The van der Waals surface area contributed by atoms with Crippen molar-refractivity contribution in [2.75, 3.05) is 18.4 Å². The standard InChI is InChI=1S/C28H35N7O2/c29-14-15-30-18-22-10-12-23(13-11-22)25-17-24-27(31-19-21-7-3-1-4-8-21)32-20-33-28(24)35(25)16-6-2-5-9-26(36)34-37/h1,3-4,7-8,10-13,17,20,30,37H,2,5-6,9,14-16,18-19,29H2,(H,34,36)(H,31,32,33). The van der Waals surface area contributed by atoms with Gasteiger partial charge in [0.15, 0.2) is 0 Å². The first-order valence-corrected chi connectivity index (χ1v) is 12.7. The molecule has 0 aliphatic rings. The number of aromatic nitrogens is 3. The second-order valence-electron chi connectivity index (χ2n) is 8.99. The van der Waals surface area contributed by atoms with Crippen LogP contribution in [0.1, 0.15) is 36.8 Å². The number of hydroxylamine groups is 1. The van der Waals surface area contributed by atoms with Crippen LogP contribution in [-0.4, -0.2) is 38.7 Å². The summed E-state index contributed by atoms with van der Waals surface area (Å²) in [6.07, 6.45) is 4.37. The van der Waals surface area contributed by atoms with Gasteiger partial charge in [-0.15, -0.1) is 0 Å². The zero-order valence-corrected chi connectivity index (χ0v) is 21.0. The minimum Gasteiger partial charge on any atom is -0.365 e. The highest BCUT2D eigenvalue weighted by Crippen LogP contribution is 2.31. The Morgan fingerprint density at radius 2 is 1.73 bits per heavy atom. The van der Waals surface area contributed by atoms with E-state index in [0.29, 0.717) is 25.9 Å². The molecule has 9 heteroatoms. The van der Waals surface area contributed by atoms with Gasteiger partial charge < -0.3 is 20.9 Å². The van der Waals surface area contributed by atoms with E-state index in [1.807, 2.05) is 18.2 Å². The third-order valence-corrected chi connectivity index (χ3v) is 6.30. The van der Waals surface area contributed by atoms with Gasteiger partial charge in [0.2, 0.25) is 5.91 Å². The molecule has 0 saturated carbocycles. The van der Waals surface area contributed by atoms with Gasteiger partial charge in [0.05, 0.1) is 11.1 Å². The molecule has 1 amide bonds. The van der Waals surface area contributed by atoms with Crippen molar-refractivity contribution in [2.24, 2.45) is 5.73 Å². The molecule has 2 heterocycles. The lowest BCUT2D eigenvalue weighted by molar-refractivity contribution is -0.129. The molecule has 0 spiro atoms. The fourth-order valence-electron chi connectivity index (χ4n) is 4.37. The molecule has 0 unspecified atom stereocenters. The molecule has 9 nitrogen and oxygen atoms in total. The van der Waals surface area contributed by atoms with Crippen LogP contribution >= 0.6 is 0 Å². The number of anilines is 1. The maximum absolute atomic E-state index is 11.3. The average molecular weight is 502 g/mol. The van der Waals surface area contributed by atoms with Gasteiger partial charge in [-0.05, 0) is 35.6 Å². The molecule has 0 aliphatic carbocycles. The number of amides is 1. The monoisotopic (exact) mass is 501 g/mol. The third kappa shape index (κ3) is 7.13. The summed E-state index contributed by atoms with van der Waals surface area (Å²) in [5.74, 6) is 0.450. The molecule has 4 aromatic rings. The molecule has 194 valence electrons. The van der Waals surface area contributed by atoms with Crippen molar-refractivity contribution in [1.82, 2.24) is 25.3 Å². The molecule has 0 atom stereocenters. The van der Waals surface area contributed by atoms with Gasteiger partial charge in [-0.25, -0.2) is 15.4 Å². The van der Waals surface area contributed by atoms with Crippen molar-refractivity contribution in [2.45, 2.75) is 45.3 Å². The Balaban J connectivity index is 1.58. The van der Waals surface area contributed by atoms with E-state index in [-0.39, 0.29) is 5.91 Å². The first-order chi connectivity index (χ1) is 18.2. The largest absolute Gasteiger partial charge is 0.365 e. The molecule has 0 bridgehead atoms. The summed E-state index contributed by atoms with van der Waals surface area (Å²) in [6.45, 7) is 3.61. The number of unbranched alkanes of at least 4 members (excludes halogenated alkanes) is 2. The fourth-order valence-corrected chi connectivity index (χ4v) is 4.37. The van der Waals surface area contributed by atoms with E-state index in [4.69, 9.17) is 10.9 Å². The van der Waals surface area contributed by atoms with Gasteiger partial charge in [-0.2, -0.15) is 0 Å². The molecule has 0 aliphatic heterocycles. The lowest BCUT2D eigenvalue weighted by atomic mass is 10.1. The molecular weight excluding hydrogens is 466 g/mol. The van der Waals surface area contributed by atoms with Crippen molar-refractivity contribution < 1.29 is 10.0 Å². The van der Waals surface area contributed by atoms with Crippen molar-refractivity contribution >= 4 is 22.8 Å². The van der Waals surface area contributed by atoms with Crippen LogP contribution < -0.4 is 21.8 Å². The zero-order valence-electron chi connectivity index (χ0n) is 21.0. The smallest absolute Gasteiger partial charge is 0.243 e. The summed E-state index contributed by atoms with van der Waals surface area (Å²) in [5.41, 5.74) is 12.7. The zero-order chi connectivity index (χ0) is 25.9. The number of carbonyl (C=O) groups excluding carboxylic acids is 1. The molecule has 0 radical (unpaired) electrons. The SMILES string of the molecule is NCCNCc1ccc(-c2cc3c(NCc4ccccc4)ncnc3n2CCCCCC(=O)NO)cc1. The van der Waals surface area contributed by atoms with E-state index in [1.165, 1.54) is 11.1 Å². The Kier molecular flexibility index (Phi) is 9.59. The second kappa shape index (κ2) is 13.5. The van der Waals surface area contributed by atoms with Gasteiger partial charge >= 0.3 is 0 Å². The summed E-state index contributed by atoms with van der Waals surface area (Å²) in [6, 6.07) is 20.9. The van der Waals surface area contributed by atoms with Crippen LogP contribution in [-0.2, 0) is 24.4 Å². The first-order valence-electron chi connectivity index (χ1n) is 12.7. The number of benzene rings is 2. The summed E-state index contributed by atoms with van der Waals surface area (Å²) in [5, 5.41) is 16.5. The first kappa shape index (κ1) is 26.3. The van der Waals surface area contributed by atoms with Crippen LogP contribution in [0, 0.1) is 0 Å². The van der Waals surface area contributed by atoms with Crippen LogP contribution in [0.2, 0.25) is 0 Å². The summed E-state index contributed by atoms with van der Waals surface area (Å²) in [7, 11) is 0. The molecular formula is C28H35N7O2. The molecule has 6 N–H and O–H groups in total. The van der Waals surface area contributed by atoms with Crippen molar-refractivity contribution in [3.63, 3.8) is 0 Å². The highest BCUT2D eigenvalue weighted by Gasteiger charge is 2.15. The Morgan fingerprint density at radius 1 is 0.946 bits per heavy atom. The number of hydrogen-bond donors (Lipinski definition) is 5. The number of nitrogens with two attached hydrogens (primary N) is 1. The van der Waals surface area contributed by atoms with E-state index in [0.717, 1.165) is 60.6 Å². The van der Waals surface area contributed by atoms with Gasteiger partial charge in [0.25, 0.3) is 0 Å². The molecule has 2 aromatic carbocycles. The van der Waals surface area contributed by atoms with Gasteiger partial charge in [0, 0.05) is 39.1 Å². The average Bonchev–Trinajstić information content (AvgIpc) is 3.31. The highest BCUT2D eigenvalue weighted by atomic mass is 16.5. The normalized spacial score (nSPS) is 11.1. The number of carbonyl (C=O) groups is 1. The van der Waals surface area contributed by atoms with Crippen LogP contribution in [0.3, 0.4) is 0 Å². The van der Waals surface area contributed by atoms with E-state index >= 15 is 0 Å². The van der Waals surface area contributed by atoms with Crippen LogP contribution in [0.5, 0.6) is 0 Å². The van der Waals surface area contributed by atoms with Crippen molar-refractivity contribution in [3.8, 4) is 11.3 Å². The van der Waals surface area contributed by atoms with Gasteiger partial charge in [-0.3, -0.25) is 10.0 Å². The summed E-state index contributed by atoms with van der Waals surface area (Å²) in [4.78, 5) is 20.5. The Morgan fingerprint density at radius 3 is 2.49 bits per heavy atom. The predicted molar refractivity (Wildman–Crippen MR) is 146 cm³/mol. The van der Waals surface area contributed by atoms with E-state index in [1.54, 1.807) is 11.8 Å². The molecule has 4 rings (SSSR count). The number of aryl methyl sites for hydroxylation is 1. The van der Waals surface area contributed by atoms with Crippen LogP contribution in [0.4, 0.5) is 5.82 Å². The Hall–Kier alpha value is -3.79. The van der Waals surface area contributed by atoms with Crippen molar-refractivity contribution in [3.05, 3.63) is 78.1 Å². The highest BCUT2D eigenvalue weighted by molar-refractivity contribution is 5.92. The Labute approximate surface area is 217 Å². The fraction of sp³-hybridized carbons (Fsp3) is 0.321. The molecule has 37 heavy (non-hydrogen) atoms. The van der Waals surface area contributed by atoms with Gasteiger partial charge in [0.1, 0.15) is 17.8 Å². The quantitative estimate of drug-likeness (QED) is 0.101. The molecule has 0 fully saturated rings. The predicted octanol–water partition coefficient (Wildman–Crippen LogP) is 3.82. The van der Waals surface area contributed by atoms with Crippen molar-refractivity contribution in [1.29, 1.82) is 0 Å². The Bertz CT molecular complexity index is 1270. The van der Waals surface area contributed by atoms with E-state index in [9.17, 15) is 4.79 Å². The van der Waals surface area contributed by atoms with E-state index in [2.05, 4.69) is 67.6 Å². The third-order valence-electron chi connectivity index (χ3n) is 6.30. The maximum atomic E-state index is 11.3. The maximum Gasteiger partial charge on any atom is 0.243 e. The number of fused-ring (bicyclic) bond motifs is 1. The molecule has 0 saturated heterocycles. The topological polar surface area (TPSA) is 130 Å². The minimum atomic E-state index is -0.352. The second-order valence-corrected chi connectivity index (χ2v) is 8.99. The number of nitrogens with one attached hydrogen (secondary N) is 3. The van der Waals surface area contributed by atoms with E-state index < -0.39 is 0 Å². The molecule has 2 aromatic heterocycles. The van der Waals surface area contributed by atoms with Gasteiger partial charge in [-0.1, -0.05) is 61.0 Å². The lowest BCUT2D eigenvalue weighted by Gasteiger charge is -2.12. The number of rotatable bonds is 14.